The van der Waals surface area contributed by atoms with E-state index in [1.54, 1.807) is 12.1 Å². The molecule has 3 rings (SSSR count). The normalized spacial score (nSPS) is 11.9. The van der Waals surface area contributed by atoms with Crippen molar-refractivity contribution in [1.82, 2.24) is 0 Å². The average molecular weight is 499 g/mol. The fourth-order valence-corrected chi connectivity index (χ4v) is 4.37. The lowest BCUT2D eigenvalue weighted by molar-refractivity contribution is -0.122. The lowest BCUT2D eigenvalue weighted by Crippen LogP contribution is -2.32. The van der Waals surface area contributed by atoms with E-state index in [1.165, 1.54) is 44.6 Å². The summed E-state index contributed by atoms with van der Waals surface area (Å²) in [7, 11) is -0.970. The van der Waals surface area contributed by atoms with E-state index in [9.17, 15) is 13.2 Å². The molecule has 8 nitrogen and oxygen atoms in total. The van der Waals surface area contributed by atoms with Crippen molar-refractivity contribution in [2.24, 2.45) is 0 Å². The first-order valence-electron chi connectivity index (χ1n) is 11.1. The molecule has 0 bridgehead atoms. The molecule has 0 aliphatic carbocycles. The molecule has 0 aliphatic heterocycles. The van der Waals surface area contributed by atoms with Crippen LogP contribution in [0.2, 0.25) is 0 Å². The predicted octanol–water partition coefficient (Wildman–Crippen LogP) is 4.92. The van der Waals surface area contributed by atoms with Crippen molar-refractivity contribution in [2.75, 3.05) is 24.3 Å². The van der Waals surface area contributed by atoms with Gasteiger partial charge >= 0.3 is 0 Å². The highest BCUT2D eigenvalue weighted by molar-refractivity contribution is 7.92. The zero-order valence-corrected chi connectivity index (χ0v) is 21.2. The number of amides is 1. The monoisotopic (exact) mass is 498 g/mol. The predicted molar refractivity (Wildman–Crippen MR) is 136 cm³/mol. The van der Waals surface area contributed by atoms with Gasteiger partial charge in [0, 0.05) is 11.8 Å². The Bertz CT molecular complexity index is 1290. The number of anilines is 2. The van der Waals surface area contributed by atoms with Crippen LogP contribution in [0.25, 0.3) is 0 Å². The first-order valence-corrected chi connectivity index (χ1v) is 12.5. The molecule has 0 aliphatic rings. The number of rotatable bonds is 10. The highest BCUT2D eigenvalue weighted by Gasteiger charge is 2.20. The molecule has 186 valence electrons. The standard InChI is InChI=1S/C26H30N2O6S/c1-6-24(34-21-10-7-17(2)18(3)15-21)26(29)27-19-8-12-22(13-9-19)35(30,31)28-23-16-20(32-4)11-14-25(23)33-5/h7-16,24,28H,6H2,1-5H3,(H,27,29)/t24-/m1/s1. The van der Waals surface area contributed by atoms with E-state index >= 15 is 0 Å². The second-order valence-corrected chi connectivity index (χ2v) is 9.63. The van der Waals surface area contributed by atoms with E-state index in [0.29, 0.717) is 29.4 Å². The fourth-order valence-electron chi connectivity index (χ4n) is 3.31. The van der Waals surface area contributed by atoms with Crippen LogP contribution >= 0.6 is 0 Å². The maximum absolute atomic E-state index is 12.9. The second kappa shape index (κ2) is 11.1. The summed E-state index contributed by atoms with van der Waals surface area (Å²) in [6.45, 7) is 5.85. The quantitative estimate of drug-likeness (QED) is 0.411. The van der Waals surface area contributed by atoms with Crippen LogP contribution in [-0.4, -0.2) is 34.6 Å². The van der Waals surface area contributed by atoms with Gasteiger partial charge in [-0.1, -0.05) is 13.0 Å². The third kappa shape index (κ3) is 6.45. The molecule has 0 unspecified atom stereocenters. The summed E-state index contributed by atoms with van der Waals surface area (Å²) in [6.07, 6.45) is -0.222. The molecule has 35 heavy (non-hydrogen) atoms. The van der Waals surface area contributed by atoms with Gasteiger partial charge in [-0.2, -0.15) is 0 Å². The highest BCUT2D eigenvalue weighted by atomic mass is 32.2. The Kier molecular flexibility index (Phi) is 8.24. The van der Waals surface area contributed by atoms with Crippen LogP contribution in [0.15, 0.2) is 65.6 Å². The number of ether oxygens (including phenoxy) is 3. The van der Waals surface area contributed by atoms with Gasteiger partial charge in [0.1, 0.15) is 17.2 Å². The van der Waals surface area contributed by atoms with E-state index in [2.05, 4.69) is 10.0 Å². The molecule has 3 aromatic carbocycles. The minimum Gasteiger partial charge on any atom is -0.497 e. The largest absolute Gasteiger partial charge is 0.497 e. The van der Waals surface area contributed by atoms with Gasteiger partial charge < -0.3 is 19.5 Å². The summed E-state index contributed by atoms with van der Waals surface area (Å²) >= 11 is 0. The number of methoxy groups -OCH3 is 2. The molecule has 2 N–H and O–H groups in total. The van der Waals surface area contributed by atoms with Crippen molar-refractivity contribution < 1.29 is 27.4 Å². The van der Waals surface area contributed by atoms with Gasteiger partial charge in [-0.05, 0) is 79.9 Å². The first kappa shape index (κ1) is 25.9. The molecule has 0 fully saturated rings. The van der Waals surface area contributed by atoms with Crippen LogP contribution < -0.4 is 24.2 Å². The van der Waals surface area contributed by atoms with Crippen LogP contribution in [0, 0.1) is 13.8 Å². The van der Waals surface area contributed by atoms with Crippen molar-refractivity contribution in [3.05, 3.63) is 71.8 Å². The van der Waals surface area contributed by atoms with Gasteiger partial charge in [-0.15, -0.1) is 0 Å². The van der Waals surface area contributed by atoms with E-state index < -0.39 is 16.1 Å². The van der Waals surface area contributed by atoms with Crippen molar-refractivity contribution in [3.63, 3.8) is 0 Å². The number of hydrogen-bond acceptors (Lipinski definition) is 6. The Balaban J connectivity index is 1.70. The van der Waals surface area contributed by atoms with Crippen molar-refractivity contribution in [1.29, 1.82) is 0 Å². The van der Waals surface area contributed by atoms with Gasteiger partial charge in [0.05, 0.1) is 24.8 Å². The molecule has 0 aromatic heterocycles. The summed E-state index contributed by atoms with van der Waals surface area (Å²) in [4.78, 5) is 12.8. The van der Waals surface area contributed by atoms with Crippen LogP contribution in [0.4, 0.5) is 11.4 Å². The average Bonchev–Trinajstić information content (AvgIpc) is 2.84. The third-order valence-electron chi connectivity index (χ3n) is 5.50. The fraction of sp³-hybridized carbons (Fsp3) is 0.269. The minimum atomic E-state index is -3.91. The number of carbonyl (C=O) groups excluding carboxylic acids is 1. The zero-order valence-electron chi connectivity index (χ0n) is 20.4. The number of sulfonamides is 1. The maximum atomic E-state index is 12.9. The van der Waals surface area contributed by atoms with E-state index in [-0.39, 0.29) is 16.5 Å². The number of nitrogens with one attached hydrogen (secondary N) is 2. The van der Waals surface area contributed by atoms with E-state index in [4.69, 9.17) is 14.2 Å². The van der Waals surface area contributed by atoms with E-state index in [1.807, 2.05) is 39.0 Å². The lowest BCUT2D eigenvalue weighted by atomic mass is 10.1. The Labute approximate surface area is 206 Å². The Morgan fingerprint density at radius 3 is 2.17 bits per heavy atom. The Hall–Kier alpha value is -3.72. The number of benzene rings is 3. The van der Waals surface area contributed by atoms with Crippen LogP contribution in [-0.2, 0) is 14.8 Å². The molecule has 1 amide bonds. The van der Waals surface area contributed by atoms with Gasteiger partial charge in [-0.25, -0.2) is 8.42 Å². The van der Waals surface area contributed by atoms with E-state index in [0.717, 1.165) is 11.1 Å². The molecule has 0 heterocycles. The Morgan fingerprint density at radius 1 is 0.886 bits per heavy atom. The van der Waals surface area contributed by atoms with Gasteiger partial charge in [-0.3, -0.25) is 9.52 Å². The molecule has 0 saturated carbocycles. The summed E-state index contributed by atoms with van der Waals surface area (Å²) in [5, 5.41) is 2.79. The van der Waals surface area contributed by atoms with Crippen LogP contribution in [0.3, 0.4) is 0 Å². The number of hydrogen-bond donors (Lipinski definition) is 2. The van der Waals surface area contributed by atoms with Crippen LogP contribution in [0.1, 0.15) is 24.5 Å². The molecule has 0 saturated heterocycles. The van der Waals surface area contributed by atoms with Crippen molar-refractivity contribution in [3.8, 4) is 17.2 Å². The summed E-state index contributed by atoms with van der Waals surface area (Å²) in [5.74, 6) is 1.14. The molecular weight excluding hydrogens is 468 g/mol. The highest BCUT2D eigenvalue weighted by Crippen LogP contribution is 2.31. The first-order chi connectivity index (χ1) is 16.7. The van der Waals surface area contributed by atoms with Crippen molar-refractivity contribution in [2.45, 2.75) is 38.2 Å². The summed E-state index contributed by atoms with van der Waals surface area (Å²) in [6, 6.07) is 16.4. The molecule has 0 radical (unpaired) electrons. The topological polar surface area (TPSA) is 103 Å². The van der Waals surface area contributed by atoms with Gasteiger partial charge in [0.2, 0.25) is 0 Å². The second-order valence-electron chi connectivity index (χ2n) is 7.95. The third-order valence-corrected chi connectivity index (χ3v) is 6.88. The summed E-state index contributed by atoms with van der Waals surface area (Å²) in [5.41, 5.74) is 2.92. The van der Waals surface area contributed by atoms with Gasteiger partial charge in [0.15, 0.2) is 6.10 Å². The lowest BCUT2D eigenvalue weighted by Gasteiger charge is -2.18. The van der Waals surface area contributed by atoms with Crippen molar-refractivity contribution >= 4 is 27.3 Å². The minimum absolute atomic E-state index is 0.0267. The van der Waals surface area contributed by atoms with Gasteiger partial charge in [0.25, 0.3) is 15.9 Å². The molecule has 1 atom stereocenters. The SMILES string of the molecule is CC[C@@H](Oc1ccc(C)c(C)c1)C(=O)Nc1ccc(S(=O)(=O)Nc2cc(OC)ccc2OC)cc1. The smallest absolute Gasteiger partial charge is 0.265 e. The zero-order chi connectivity index (χ0) is 25.6. The number of carbonyl (C=O) groups is 1. The maximum Gasteiger partial charge on any atom is 0.265 e. The molecular formula is C26H30N2O6S. The molecule has 9 heteroatoms. The summed E-state index contributed by atoms with van der Waals surface area (Å²) < 4.78 is 44.6. The number of aryl methyl sites for hydroxylation is 2. The molecule has 0 spiro atoms. The van der Waals surface area contributed by atoms with Crippen LogP contribution in [0.5, 0.6) is 17.2 Å². The molecule has 3 aromatic rings. The Morgan fingerprint density at radius 2 is 1.57 bits per heavy atom.